The van der Waals surface area contributed by atoms with E-state index >= 15 is 0 Å². The van der Waals surface area contributed by atoms with Crippen molar-refractivity contribution in [3.8, 4) is 11.4 Å². The van der Waals surface area contributed by atoms with Gasteiger partial charge in [-0.1, -0.05) is 35.5 Å². The zero-order chi connectivity index (χ0) is 20.9. The monoisotopic (exact) mass is 408 g/mol. The molecule has 2 amide bonds. The van der Waals surface area contributed by atoms with E-state index in [1.165, 1.54) is 12.1 Å². The second kappa shape index (κ2) is 8.86. The van der Waals surface area contributed by atoms with Crippen LogP contribution in [0.3, 0.4) is 0 Å². The van der Waals surface area contributed by atoms with E-state index < -0.39 is 0 Å². The number of hydrogen-bond donors (Lipinski definition) is 1. The van der Waals surface area contributed by atoms with E-state index in [4.69, 9.17) is 4.52 Å². The summed E-state index contributed by atoms with van der Waals surface area (Å²) in [6.45, 7) is 0.977. The lowest BCUT2D eigenvalue weighted by atomic mass is 9.98. The zero-order valence-corrected chi connectivity index (χ0v) is 16.3. The fraction of sp³-hybridized carbons (Fsp3) is 0.273. The van der Waals surface area contributed by atoms with Gasteiger partial charge in [-0.3, -0.25) is 9.59 Å². The molecule has 2 aromatic carbocycles. The molecule has 2 heterocycles. The largest absolute Gasteiger partial charge is 0.343 e. The number of halogens is 1. The van der Waals surface area contributed by atoms with Crippen molar-refractivity contribution in [2.24, 2.45) is 0 Å². The summed E-state index contributed by atoms with van der Waals surface area (Å²) in [5, 5.41) is 6.62. The third kappa shape index (κ3) is 4.53. The first-order valence-electron chi connectivity index (χ1n) is 9.81. The van der Waals surface area contributed by atoms with Gasteiger partial charge < -0.3 is 14.7 Å². The van der Waals surface area contributed by atoms with Gasteiger partial charge in [0, 0.05) is 24.2 Å². The van der Waals surface area contributed by atoms with Gasteiger partial charge >= 0.3 is 0 Å². The van der Waals surface area contributed by atoms with E-state index in [-0.39, 0.29) is 30.1 Å². The van der Waals surface area contributed by atoms with Gasteiger partial charge in [0.1, 0.15) is 5.82 Å². The molecule has 1 aliphatic heterocycles. The first kappa shape index (κ1) is 19.8. The maximum Gasteiger partial charge on any atom is 0.251 e. The number of carbonyl (C=O) groups excluding carboxylic acids is 2. The third-order valence-corrected chi connectivity index (χ3v) is 5.08. The molecular weight excluding hydrogens is 387 g/mol. The Bertz CT molecular complexity index is 1040. The van der Waals surface area contributed by atoms with Gasteiger partial charge in [-0.05, 0) is 37.1 Å². The molecule has 3 aromatic rings. The average Bonchev–Trinajstić information content (AvgIpc) is 3.28. The minimum absolute atomic E-state index is 0.0706. The Morgan fingerprint density at radius 2 is 2.00 bits per heavy atom. The number of rotatable bonds is 5. The van der Waals surface area contributed by atoms with Crippen LogP contribution in [-0.4, -0.2) is 46.5 Å². The van der Waals surface area contributed by atoms with Gasteiger partial charge in [0.05, 0.1) is 12.5 Å². The van der Waals surface area contributed by atoms with E-state index in [0.717, 1.165) is 12.8 Å². The van der Waals surface area contributed by atoms with Crippen LogP contribution in [0.4, 0.5) is 4.39 Å². The molecule has 30 heavy (non-hydrogen) atoms. The number of hydrogen-bond acceptors (Lipinski definition) is 5. The van der Waals surface area contributed by atoms with Crippen LogP contribution in [0.25, 0.3) is 11.4 Å². The molecule has 0 bridgehead atoms. The van der Waals surface area contributed by atoms with Crippen molar-refractivity contribution in [1.29, 1.82) is 0 Å². The number of aromatic nitrogens is 2. The van der Waals surface area contributed by atoms with Gasteiger partial charge in [-0.15, -0.1) is 0 Å². The van der Waals surface area contributed by atoms with Gasteiger partial charge in [0.2, 0.25) is 17.6 Å². The zero-order valence-electron chi connectivity index (χ0n) is 16.3. The lowest BCUT2D eigenvalue weighted by Crippen LogP contribution is -2.44. The van der Waals surface area contributed by atoms with Crippen LogP contribution in [0.1, 0.15) is 35.0 Å². The number of likely N-dealkylation sites (tertiary alicyclic amines) is 1. The maximum absolute atomic E-state index is 13.4. The number of carbonyl (C=O) groups is 2. The Labute approximate surface area is 172 Å². The molecule has 0 saturated carbocycles. The maximum atomic E-state index is 13.4. The van der Waals surface area contributed by atoms with Crippen LogP contribution in [0.15, 0.2) is 59.1 Å². The first-order chi connectivity index (χ1) is 14.6. The van der Waals surface area contributed by atoms with Gasteiger partial charge in [-0.2, -0.15) is 4.98 Å². The van der Waals surface area contributed by atoms with E-state index in [1.807, 2.05) is 6.07 Å². The van der Waals surface area contributed by atoms with Gasteiger partial charge in [-0.25, -0.2) is 4.39 Å². The molecule has 1 saturated heterocycles. The van der Waals surface area contributed by atoms with Crippen LogP contribution in [0, 0.1) is 5.82 Å². The van der Waals surface area contributed by atoms with Crippen LogP contribution >= 0.6 is 0 Å². The summed E-state index contributed by atoms with van der Waals surface area (Å²) < 4.78 is 18.8. The summed E-state index contributed by atoms with van der Waals surface area (Å²) in [6.07, 6.45) is 1.60. The number of nitrogens with zero attached hydrogens (tertiary/aromatic N) is 3. The standard InChI is InChI=1S/C22H21FN4O3/c23-18-10-4-8-16(12-18)20-25-22(30-26-20)17-9-5-11-27(14-17)19(28)13-24-21(29)15-6-2-1-3-7-15/h1-4,6-8,10,12,17H,5,9,11,13-14H2,(H,24,29). The Hall–Kier alpha value is -3.55. The van der Waals surface area contributed by atoms with Crippen molar-refractivity contribution >= 4 is 11.8 Å². The van der Waals surface area contributed by atoms with Crippen molar-refractivity contribution < 1.29 is 18.5 Å². The van der Waals surface area contributed by atoms with Crippen molar-refractivity contribution in [2.75, 3.05) is 19.6 Å². The minimum Gasteiger partial charge on any atom is -0.343 e. The molecule has 0 radical (unpaired) electrons. The van der Waals surface area contributed by atoms with Crippen LogP contribution in [0.5, 0.6) is 0 Å². The Balaban J connectivity index is 1.36. The molecule has 1 fully saturated rings. The molecule has 0 aliphatic carbocycles. The number of amides is 2. The predicted octanol–water partition coefficient (Wildman–Crippen LogP) is 3.01. The molecular formula is C22H21FN4O3. The van der Waals surface area contributed by atoms with E-state index in [9.17, 15) is 14.0 Å². The molecule has 8 heteroatoms. The molecule has 1 N–H and O–H groups in total. The van der Waals surface area contributed by atoms with Crippen LogP contribution in [0.2, 0.25) is 0 Å². The van der Waals surface area contributed by atoms with Crippen molar-refractivity contribution in [3.63, 3.8) is 0 Å². The molecule has 0 spiro atoms. The summed E-state index contributed by atoms with van der Waals surface area (Å²) >= 11 is 0. The number of nitrogens with one attached hydrogen (secondary N) is 1. The molecule has 1 aliphatic rings. The fourth-order valence-electron chi connectivity index (χ4n) is 3.51. The lowest BCUT2D eigenvalue weighted by molar-refractivity contribution is -0.131. The second-order valence-electron chi connectivity index (χ2n) is 7.19. The van der Waals surface area contributed by atoms with E-state index in [1.54, 1.807) is 41.3 Å². The molecule has 154 valence electrons. The van der Waals surface area contributed by atoms with Crippen LogP contribution < -0.4 is 5.32 Å². The number of benzene rings is 2. The molecule has 1 atom stereocenters. The highest BCUT2D eigenvalue weighted by atomic mass is 19.1. The minimum atomic E-state index is -0.370. The molecule has 4 rings (SSSR count). The summed E-state index contributed by atoms with van der Waals surface area (Å²) in [6, 6.07) is 14.8. The van der Waals surface area contributed by atoms with Crippen molar-refractivity contribution in [1.82, 2.24) is 20.4 Å². The SMILES string of the molecule is O=C(NCC(=O)N1CCCC(c2nc(-c3cccc(F)c3)no2)C1)c1ccccc1. The highest BCUT2D eigenvalue weighted by Gasteiger charge is 2.28. The number of piperidine rings is 1. The molecule has 1 unspecified atom stereocenters. The van der Waals surface area contributed by atoms with E-state index in [2.05, 4.69) is 15.5 Å². The quantitative estimate of drug-likeness (QED) is 0.701. The average molecular weight is 408 g/mol. The first-order valence-corrected chi connectivity index (χ1v) is 9.81. The molecule has 1 aromatic heterocycles. The van der Waals surface area contributed by atoms with Crippen LogP contribution in [-0.2, 0) is 4.79 Å². The van der Waals surface area contributed by atoms with Crippen molar-refractivity contribution in [2.45, 2.75) is 18.8 Å². The summed E-state index contributed by atoms with van der Waals surface area (Å²) in [7, 11) is 0. The summed E-state index contributed by atoms with van der Waals surface area (Å²) in [4.78, 5) is 30.8. The van der Waals surface area contributed by atoms with Crippen molar-refractivity contribution in [3.05, 3.63) is 71.9 Å². The normalized spacial score (nSPS) is 16.3. The second-order valence-corrected chi connectivity index (χ2v) is 7.19. The fourth-order valence-corrected chi connectivity index (χ4v) is 3.51. The smallest absolute Gasteiger partial charge is 0.251 e. The Morgan fingerprint density at radius 1 is 1.17 bits per heavy atom. The highest BCUT2D eigenvalue weighted by Crippen LogP contribution is 2.27. The highest BCUT2D eigenvalue weighted by molar-refractivity contribution is 5.96. The third-order valence-electron chi connectivity index (χ3n) is 5.08. The summed E-state index contributed by atoms with van der Waals surface area (Å²) in [5.41, 5.74) is 1.05. The summed E-state index contributed by atoms with van der Waals surface area (Å²) in [5.74, 6) is -0.153. The van der Waals surface area contributed by atoms with Gasteiger partial charge in [0.25, 0.3) is 5.91 Å². The van der Waals surface area contributed by atoms with E-state index in [0.29, 0.717) is 35.9 Å². The molecule has 7 nitrogen and oxygen atoms in total. The Morgan fingerprint density at radius 3 is 2.80 bits per heavy atom. The predicted molar refractivity (Wildman–Crippen MR) is 107 cm³/mol. The Kier molecular flexibility index (Phi) is 5.83. The lowest BCUT2D eigenvalue weighted by Gasteiger charge is -2.31. The topological polar surface area (TPSA) is 88.3 Å². The van der Waals surface area contributed by atoms with Gasteiger partial charge in [0.15, 0.2) is 0 Å².